The zero-order valence-electron chi connectivity index (χ0n) is 14.1. The van der Waals surface area contributed by atoms with Crippen LogP contribution in [0.4, 0.5) is 17.6 Å². The third-order valence-corrected chi connectivity index (χ3v) is 5.62. The lowest BCUT2D eigenvalue weighted by molar-refractivity contribution is 0.446. The summed E-state index contributed by atoms with van der Waals surface area (Å²) in [5.74, 6) is -5.16. The largest absolute Gasteiger partial charge is 0.493 e. The highest BCUT2D eigenvalue weighted by atomic mass is 32.2. The second-order valence-corrected chi connectivity index (χ2v) is 7.47. The maximum atomic E-state index is 14.4. The first-order chi connectivity index (χ1) is 13.8. The minimum atomic E-state index is -1.10. The number of benzene rings is 1. The van der Waals surface area contributed by atoms with Crippen molar-refractivity contribution in [1.82, 2.24) is 19.5 Å². The fourth-order valence-electron chi connectivity index (χ4n) is 2.53. The predicted molar refractivity (Wildman–Crippen MR) is 98.3 cm³/mol. The molecule has 0 amide bonds. The number of aromatic nitrogens is 4. The average Bonchev–Trinajstić information content (AvgIpc) is 3.11. The minimum absolute atomic E-state index is 0.0888. The zero-order valence-corrected chi connectivity index (χ0v) is 15.7. The van der Waals surface area contributed by atoms with Crippen LogP contribution in [0.3, 0.4) is 0 Å². The molecule has 0 atom stereocenters. The molecule has 0 spiro atoms. The molecular formula is C17H8F4N4O2S2. The summed E-state index contributed by atoms with van der Waals surface area (Å²) >= 11 is 1.72. The van der Waals surface area contributed by atoms with Crippen LogP contribution in [0.1, 0.15) is 5.56 Å². The Morgan fingerprint density at radius 3 is 2.48 bits per heavy atom. The van der Waals surface area contributed by atoms with Crippen LogP contribution in [-0.4, -0.2) is 24.6 Å². The molecular weight excluding hydrogens is 432 g/mol. The molecule has 6 nitrogen and oxygen atoms in total. The molecule has 1 N–H and O–H groups in total. The van der Waals surface area contributed by atoms with Gasteiger partial charge in [0, 0.05) is 29.5 Å². The van der Waals surface area contributed by atoms with Crippen LogP contribution in [0.2, 0.25) is 0 Å². The van der Waals surface area contributed by atoms with Gasteiger partial charge in [-0.25, -0.2) is 37.1 Å². The normalized spacial score (nSPS) is 11.3. The third-order valence-electron chi connectivity index (χ3n) is 3.85. The Morgan fingerprint density at radius 1 is 1.07 bits per heavy atom. The number of aromatic hydroxyl groups is 1. The van der Waals surface area contributed by atoms with Gasteiger partial charge in [0.25, 0.3) is 5.56 Å². The molecule has 0 unspecified atom stereocenters. The Bertz CT molecular complexity index is 1290. The maximum Gasteiger partial charge on any atom is 0.278 e. The number of halogens is 4. The smallest absolute Gasteiger partial charge is 0.278 e. The van der Waals surface area contributed by atoms with Crippen LogP contribution in [-0.2, 0) is 5.75 Å². The lowest BCUT2D eigenvalue weighted by Crippen LogP contribution is -2.22. The molecule has 0 aliphatic rings. The highest BCUT2D eigenvalue weighted by Gasteiger charge is 2.20. The molecule has 1 aromatic carbocycles. The molecule has 0 aliphatic carbocycles. The predicted octanol–water partition coefficient (Wildman–Crippen LogP) is 3.79. The Morgan fingerprint density at radius 2 is 1.79 bits per heavy atom. The maximum absolute atomic E-state index is 14.4. The van der Waals surface area contributed by atoms with E-state index in [-0.39, 0.29) is 26.9 Å². The van der Waals surface area contributed by atoms with Gasteiger partial charge in [-0.05, 0) is 0 Å². The first-order valence-electron chi connectivity index (χ1n) is 7.82. The van der Waals surface area contributed by atoms with Gasteiger partial charge in [0.05, 0.1) is 11.7 Å². The summed E-state index contributed by atoms with van der Waals surface area (Å²) in [4.78, 5) is 24.6. The third kappa shape index (κ3) is 3.56. The van der Waals surface area contributed by atoms with E-state index in [1.165, 1.54) is 5.51 Å². The Hall–Kier alpha value is -2.99. The first kappa shape index (κ1) is 19.3. The summed E-state index contributed by atoms with van der Waals surface area (Å²) < 4.78 is 56.4. The SMILES string of the molecule is O=c1c2scnc2nc(SCc2c(F)cc(F)cc2F)n1-c1cnc(O)cc1F. The van der Waals surface area contributed by atoms with Gasteiger partial charge in [-0.3, -0.25) is 4.79 Å². The van der Waals surface area contributed by atoms with Gasteiger partial charge in [-0.1, -0.05) is 11.8 Å². The molecule has 4 aromatic rings. The van der Waals surface area contributed by atoms with Crippen LogP contribution in [0.5, 0.6) is 5.88 Å². The van der Waals surface area contributed by atoms with Gasteiger partial charge >= 0.3 is 0 Å². The van der Waals surface area contributed by atoms with Crippen molar-refractivity contribution >= 4 is 33.4 Å². The van der Waals surface area contributed by atoms with Gasteiger partial charge in [0.15, 0.2) is 16.6 Å². The number of fused-ring (bicyclic) bond motifs is 1. The molecule has 0 fully saturated rings. The highest BCUT2D eigenvalue weighted by molar-refractivity contribution is 7.98. The minimum Gasteiger partial charge on any atom is -0.493 e. The van der Waals surface area contributed by atoms with Crippen molar-refractivity contribution < 1.29 is 22.7 Å². The topological polar surface area (TPSA) is 80.9 Å². The van der Waals surface area contributed by atoms with Crippen molar-refractivity contribution in [2.24, 2.45) is 0 Å². The van der Waals surface area contributed by atoms with E-state index in [0.29, 0.717) is 18.2 Å². The molecule has 29 heavy (non-hydrogen) atoms. The summed E-state index contributed by atoms with van der Waals surface area (Å²) in [5.41, 5.74) is 0.0678. The van der Waals surface area contributed by atoms with Crippen molar-refractivity contribution in [2.75, 3.05) is 0 Å². The molecule has 0 saturated carbocycles. The molecule has 0 saturated heterocycles. The van der Waals surface area contributed by atoms with Gasteiger partial charge < -0.3 is 5.11 Å². The quantitative estimate of drug-likeness (QED) is 0.296. The summed E-state index contributed by atoms with van der Waals surface area (Å²) in [7, 11) is 0. The van der Waals surface area contributed by atoms with Crippen LogP contribution in [0.25, 0.3) is 16.0 Å². The zero-order chi connectivity index (χ0) is 20.7. The summed E-state index contributed by atoms with van der Waals surface area (Å²) in [6.45, 7) is 0. The molecule has 0 bridgehead atoms. The van der Waals surface area contributed by atoms with Crippen molar-refractivity contribution in [3.8, 4) is 11.6 Å². The monoisotopic (exact) mass is 440 g/mol. The summed E-state index contributed by atoms with van der Waals surface area (Å²) in [6, 6.07) is 1.78. The second-order valence-electron chi connectivity index (χ2n) is 5.67. The average molecular weight is 440 g/mol. The van der Waals surface area contributed by atoms with E-state index in [2.05, 4.69) is 15.0 Å². The van der Waals surface area contributed by atoms with Crippen LogP contribution >= 0.6 is 23.1 Å². The number of rotatable bonds is 4. The van der Waals surface area contributed by atoms with Crippen LogP contribution in [0.15, 0.2) is 39.9 Å². The molecule has 0 radical (unpaired) electrons. The van der Waals surface area contributed by atoms with Crippen LogP contribution < -0.4 is 5.56 Å². The van der Waals surface area contributed by atoms with E-state index in [4.69, 9.17) is 0 Å². The lowest BCUT2D eigenvalue weighted by atomic mass is 10.2. The molecule has 148 valence electrons. The van der Waals surface area contributed by atoms with E-state index in [0.717, 1.165) is 33.9 Å². The fourth-order valence-corrected chi connectivity index (χ4v) is 4.19. The molecule has 0 aliphatic heterocycles. The van der Waals surface area contributed by atoms with Crippen molar-refractivity contribution in [3.63, 3.8) is 0 Å². The summed E-state index contributed by atoms with van der Waals surface area (Å²) in [5, 5.41) is 9.21. The van der Waals surface area contributed by atoms with E-state index in [1.54, 1.807) is 0 Å². The summed E-state index contributed by atoms with van der Waals surface area (Å²) in [6.07, 6.45) is 0.934. The van der Waals surface area contributed by atoms with Gasteiger partial charge in [0.1, 0.15) is 27.8 Å². The van der Waals surface area contributed by atoms with Crippen molar-refractivity contribution in [2.45, 2.75) is 10.9 Å². The van der Waals surface area contributed by atoms with Gasteiger partial charge in [-0.2, -0.15) is 0 Å². The molecule has 12 heteroatoms. The number of pyridine rings is 1. The Kier molecular flexibility index (Phi) is 4.96. The Labute approximate surface area is 167 Å². The fraction of sp³-hybridized carbons (Fsp3) is 0.0588. The second kappa shape index (κ2) is 7.44. The van der Waals surface area contributed by atoms with E-state index >= 15 is 0 Å². The van der Waals surface area contributed by atoms with Gasteiger partial charge in [0.2, 0.25) is 5.88 Å². The number of thiazole rings is 1. The van der Waals surface area contributed by atoms with E-state index < -0.39 is 40.3 Å². The van der Waals surface area contributed by atoms with Gasteiger partial charge in [-0.15, -0.1) is 11.3 Å². The molecule has 4 rings (SSSR count). The lowest BCUT2D eigenvalue weighted by Gasteiger charge is -2.12. The number of hydrogen-bond acceptors (Lipinski definition) is 7. The Balaban J connectivity index is 1.85. The highest BCUT2D eigenvalue weighted by Crippen LogP contribution is 2.28. The van der Waals surface area contributed by atoms with Crippen LogP contribution in [0, 0.1) is 23.3 Å². The number of nitrogens with zero attached hydrogens (tertiary/aromatic N) is 4. The number of hydrogen-bond donors (Lipinski definition) is 1. The molecule has 3 aromatic heterocycles. The standard InChI is InChI=1S/C17H8F4N4O2S2/c18-7-1-9(19)8(10(20)2-7)5-28-17-24-15-14(29-6-23-15)16(27)25(17)12-4-22-13(26)3-11(12)21/h1-4,6H,5H2,(H,22,26). The first-order valence-corrected chi connectivity index (χ1v) is 9.69. The van der Waals surface area contributed by atoms with Crippen molar-refractivity contribution in [1.29, 1.82) is 0 Å². The molecule has 3 heterocycles. The van der Waals surface area contributed by atoms with E-state index in [9.17, 15) is 27.5 Å². The number of thioether (sulfide) groups is 1. The van der Waals surface area contributed by atoms with Crippen molar-refractivity contribution in [3.05, 3.63) is 69.1 Å². The van der Waals surface area contributed by atoms with E-state index in [1.807, 2.05) is 0 Å².